The Balaban J connectivity index is 2.48. The Labute approximate surface area is 128 Å². The molecule has 2 rings (SSSR count). The Bertz CT molecular complexity index is 622. The Kier molecular flexibility index (Phi) is 4.83. The summed E-state index contributed by atoms with van der Waals surface area (Å²) in [7, 11) is 1.70. The Hall–Kier alpha value is -1.33. The first-order chi connectivity index (χ1) is 9.54. The van der Waals surface area contributed by atoms with Crippen molar-refractivity contribution in [1.29, 1.82) is 0 Å². The molecule has 0 spiro atoms. The molecule has 6 heteroatoms. The van der Waals surface area contributed by atoms with E-state index in [1.165, 1.54) is 18.2 Å². The van der Waals surface area contributed by atoms with Crippen molar-refractivity contribution in [2.24, 2.45) is 0 Å². The molecule has 0 aliphatic rings. The quantitative estimate of drug-likeness (QED) is 0.734. The van der Waals surface area contributed by atoms with Crippen LogP contribution in [-0.4, -0.2) is 7.05 Å². The first-order valence-electron chi connectivity index (χ1n) is 5.75. The van der Waals surface area contributed by atoms with E-state index in [2.05, 4.69) is 21.2 Å². The normalized spacial score (nSPS) is 10.7. The molecular formula is C14H11BrClF2NO. The number of nitrogens with one attached hydrogen (secondary N) is 1. The van der Waals surface area contributed by atoms with Crippen molar-refractivity contribution in [2.75, 3.05) is 12.4 Å². The summed E-state index contributed by atoms with van der Waals surface area (Å²) < 4.78 is 32.2. The van der Waals surface area contributed by atoms with Gasteiger partial charge in [0, 0.05) is 11.5 Å². The molecule has 0 bridgehead atoms. The van der Waals surface area contributed by atoms with Gasteiger partial charge in [-0.25, -0.2) is 8.78 Å². The summed E-state index contributed by atoms with van der Waals surface area (Å²) in [6.07, 6.45) is -2.62. The van der Waals surface area contributed by atoms with E-state index in [0.29, 0.717) is 16.5 Å². The lowest BCUT2D eigenvalue weighted by Gasteiger charge is -2.16. The summed E-state index contributed by atoms with van der Waals surface area (Å²) in [5, 5.41) is 3.26. The highest BCUT2D eigenvalue weighted by atomic mass is 79.9. The molecule has 20 heavy (non-hydrogen) atoms. The summed E-state index contributed by atoms with van der Waals surface area (Å²) in [6.45, 7) is 0. The van der Waals surface area contributed by atoms with Crippen LogP contribution in [0.5, 0.6) is 11.5 Å². The minimum Gasteiger partial charge on any atom is -0.453 e. The lowest BCUT2D eigenvalue weighted by Crippen LogP contribution is -1.98. The number of para-hydroxylation sites is 1. The number of hydrogen-bond donors (Lipinski definition) is 1. The topological polar surface area (TPSA) is 21.3 Å². The van der Waals surface area contributed by atoms with Gasteiger partial charge >= 0.3 is 0 Å². The summed E-state index contributed by atoms with van der Waals surface area (Å²) in [5.74, 6) is 0.385. The van der Waals surface area contributed by atoms with Gasteiger partial charge in [-0.3, -0.25) is 0 Å². The van der Waals surface area contributed by atoms with Crippen molar-refractivity contribution in [3.05, 3.63) is 51.5 Å². The van der Waals surface area contributed by atoms with Gasteiger partial charge in [-0.05, 0) is 40.2 Å². The van der Waals surface area contributed by atoms with Crippen LogP contribution in [0.2, 0.25) is 5.02 Å². The number of ether oxygens (including phenoxy) is 1. The fourth-order valence-electron chi connectivity index (χ4n) is 1.73. The second kappa shape index (κ2) is 6.41. The van der Waals surface area contributed by atoms with Crippen molar-refractivity contribution in [2.45, 2.75) is 6.43 Å². The second-order valence-corrected chi connectivity index (χ2v) is 5.19. The summed E-state index contributed by atoms with van der Waals surface area (Å²) in [5.41, 5.74) is 0.423. The highest BCUT2D eigenvalue weighted by molar-refractivity contribution is 9.10. The van der Waals surface area contributed by atoms with Gasteiger partial charge in [-0.15, -0.1) is 0 Å². The zero-order valence-electron chi connectivity index (χ0n) is 10.5. The van der Waals surface area contributed by atoms with Gasteiger partial charge in [0.25, 0.3) is 6.43 Å². The standard InChI is InChI=1S/C14H11BrClF2NO/c1-19-12-9(15)6-7-10(16)13(12)20-11-5-3-2-4-8(11)14(17)18/h2-7,14,19H,1H3. The molecule has 0 aliphatic carbocycles. The lowest BCUT2D eigenvalue weighted by atomic mass is 10.2. The Morgan fingerprint density at radius 3 is 2.55 bits per heavy atom. The SMILES string of the molecule is CNc1c(Br)ccc(Cl)c1Oc1ccccc1C(F)F. The van der Waals surface area contributed by atoms with E-state index >= 15 is 0 Å². The van der Waals surface area contributed by atoms with Crippen LogP contribution < -0.4 is 10.1 Å². The molecule has 0 amide bonds. The minimum absolute atomic E-state index is 0.0824. The molecule has 106 valence electrons. The van der Waals surface area contributed by atoms with E-state index in [-0.39, 0.29) is 11.3 Å². The van der Waals surface area contributed by atoms with Gasteiger partial charge in [0.15, 0.2) is 5.75 Å². The largest absolute Gasteiger partial charge is 0.453 e. The lowest BCUT2D eigenvalue weighted by molar-refractivity contribution is 0.148. The monoisotopic (exact) mass is 361 g/mol. The molecular weight excluding hydrogens is 352 g/mol. The van der Waals surface area contributed by atoms with E-state index in [1.807, 2.05) is 0 Å². The first-order valence-corrected chi connectivity index (χ1v) is 6.92. The predicted molar refractivity (Wildman–Crippen MR) is 80.2 cm³/mol. The van der Waals surface area contributed by atoms with E-state index in [1.54, 1.807) is 25.2 Å². The highest BCUT2D eigenvalue weighted by Crippen LogP contribution is 2.42. The van der Waals surface area contributed by atoms with E-state index < -0.39 is 6.43 Å². The van der Waals surface area contributed by atoms with Crippen molar-refractivity contribution >= 4 is 33.2 Å². The first kappa shape index (κ1) is 15.1. The number of rotatable bonds is 4. The van der Waals surface area contributed by atoms with Crippen LogP contribution in [0, 0.1) is 0 Å². The number of anilines is 1. The van der Waals surface area contributed by atoms with Gasteiger partial charge in [-0.2, -0.15) is 0 Å². The summed E-state index contributed by atoms with van der Waals surface area (Å²) in [6, 6.07) is 9.36. The number of halogens is 4. The third kappa shape index (κ3) is 3.04. The second-order valence-electron chi connectivity index (χ2n) is 3.92. The van der Waals surface area contributed by atoms with Crippen molar-refractivity contribution < 1.29 is 13.5 Å². The molecule has 0 radical (unpaired) electrons. The van der Waals surface area contributed by atoms with Crippen LogP contribution in [0.15, 0.2) is 40.9 Å². The van der Waals surface area contributed by atoms with Gasteiger partial charge in [-0.1, -0.05) is 23.7 Å². The van der Waals surface area contributed by atoms with Crippen molar-refractivity contribution in [1.82, 2.24) is 0 Å². The molecule has 0 heterocycles. The van der Waals surface area contributed by atoms with Crippen LogP contribution in [0.4, 0.5) is 14.5 Å². The molecule has 2 aromatic carbocycles. The minimum atomic E-state index is -2.62. The van der Waals surface area contributed by atoms with Crippen molar-refractivity contribution in [3.8, 4) is 11.5 Å². The van der Waals surface area contributed by atoms with Crippen molar-refractivity contribution in [3.63, 3.8) is 0 Å². The van der Waals surface area contributed by atoms with Gasteiger partial charge in [0.05, 0.1) is 16.3 Å². The maximum absolute atomic E-state index is 13.0. The van der Waals surface area contributed by atoms with Crippen LogP contribution in [0.1, 0.15) is 12.0 Å². The third-order valence-electron chi connectivity index (χ3n) is 2.67. The average molecular weight is 363 g/mol. The zero-order valence-corrected chi connectivity index (χ0v) is 12.8. The Morgan fingerprint density at radius 2 is 1.90 bits per heavy atom. The fraction of sp³-hybridized carbons (Fsp3) is 0.143. The molecule has 0 saturated carbocycles. The molecule has 0 unspecified atom stereocenters. The molecule has 0 aromatic heterocycles. The van der Waals surface area contributed by atoms with Gasteiger partial charge < -0.3 is 10.1 Å². The number of hydrogen-bond acceptors (Lipinski definition) is 2. The smallest absolute Gasteiger partial charge is 0.267 e. The predicted octanol–water partition coefficient (Wildman–Crippen LogP) is 5.87. The molecule has 0 fully saturated rings. The molecule has 0 aliphatic heterocycles. The van der Waals surface area contributed by atoms with Crippen LogP contribution in [0.25, 0.3) is 0 Å². The van der Waals surface area contributed by atoms with Gasteiger partial charge in [0.2, 0.25) is 0 Å². The van der Waals surface area contributed by atoms with Gasteiger partial charge in [0.1, 0.15) is 5.75 Å². The molecule has 1 N–H and O–H groups in total. The molecule has 0 saturated heterocycles. The molecule has 2 nitrogen and oxygen atoms in total. The summed E-state index contributed by atoms with van der Waals surface area (Å²) in [4.78, 5) is 0. The zero-order chi connectivity index (χ0) is 14.7. The maximum atomic E-state index is 13.0. The maximum Gasteiger partial charge on any atom is 0.267 e. The van der Waals surface area contributed by atoms with E-state index in [0.717, 1.165) is 4.47 Å². The fourth-order valence-corrected chi connectivity index (χ4v) is 2.44. The highest BCUT2D eigenvalue weighted by Gasteiger charge is 2.17. The Morgan fingerprint density at radius 1 is 1.20 bits per heavy atom. The van der Waals surface area contributed by atoms with Crippen LogP contribution in [0.3, 0.4) is 0 Å². The molecule has 2 aromatic rings. The number of alkyl halides is 2. The van der Waals surface area contributed by atoms with Crippen LogP contribution in [-0.2, 0) is 0 Å². The van der Waals surface area contributed by atoms with E-state index in [9.17, 15) is 8.78 Å². The molecule has 0 atom stereocenters. The number of benzene rings is 2. The van der Waals surface area contributed by atoms with Crippen LogP contribution >= 0.6 is 27.5 Å². The van der Waals surface area contributed by atoms with E-state index in [4.69, 9.17) is 16.3 Å². The average Bonchev–Trinajstić information content (AvgIpc) is 2.43. The summed E-state index contributed by atoms with van der Waals surface area (Å²) >= 11 is 9.44. The third-order valence-corrected chi connectivity index (χ3v) is 3.63.